The summed E-state index contributed by atoms with van der Waals surface area (Å²) < 4.78 is 5.93. The van der Waals surface area contributed by atoms with Gasteiger partial charge in [0.1, 0.15) is 11.5 Å². The summed E-state index contributed by atoms with van der Waals surface area (Å²) in [4.78, 5) is 12.9. The number of carbonyl (C=O) groups is 1. The summed E-state index contributed by atoms with van der Waals surface area (Å²) in [7, 11) is 0. The van der Waals surface area contributed by atoms with Crippen LogP contribution >= 0.6 is 11.6 Å². The van der Waals surface area contributed by atoms with E-state index < -0.39 is 0 Å². The lowest BCUT2D eigenvalue weighted by Gasteiger charge is -2.46. The first-order chi connectivity index (χ1) is 13.0. The van der Waals surface area contributed by atoms with Crippen molar-refractivity contribution in [3.05, 3.63) is 58.6 Å². The van der Waals surface area contributed by atoms with Gasteiger partial charge in [0.15, 0.2) is 5.78 Å². The van der Waals surface area contributed by atoms with Gasteiger partial charge in [-0.05, 0) is 83.2 Å². The second-order valence-corrected chi connectivity index (χ2v) is 9.71. The molecule has 1 aliphatic heterocycles. The quantitative estimate of drug-likeness (QED) is 0.577. The Hall–Kier alpha value is -1.84. The molecule has 0 atom stereocenters. The molecule has 150 valence electrons. The molecule has 28 heavy (non-hydrogen) atoms. The number of para-hydroxylation sites is 1. The maximum absolute atomic E-state index is 12.9. The molecule has 2 aromatic carbocycles. The summed E-state index contributed by atoms with van der Waals surface area (Å²) in [6.45, 7) is 10.8. The first kappa shape index (κ1) is 20.9. The third-order valence-corrected chi connectivity index (χ3v) is 5.61. The molecule has 0 spiro atoms. The predicted octanol–water partition coefficient (Wildman–Crippen LogP) is 6.57. The fraction of sp³-hybridized carbons (Fsp3) is 0.458. The van der Waals surface area contributed by atoms with Crippen LogP contribution in [0.15, 0.2) is 42.5 Å². The highest BCUT2D eigenvalue weighted by Gasteiger charge is 2.38. The van der Waals surface area contributed by atoms with E-state index in [0.29, 0.717) is 28.7 Å². The maximum Gasteiger partial charge on any atom is 0.163 e. The number of ether oxygens (including phenoxy) is 1. The van der Waals surface area contributed by atoms with Gasteiger partial charge in [-0.1, -0.05) is 29.8 Å². The van der Waals surface area contributed by atoms with E-state index in [1.54, 1.807) is 12.1 Å². The van der Waals surface area contributed by atoms with Crippen LogP contribution in [0.2, 0.25) is 5.02 Å². The van der Waals surface area contributed by atoms with Crippen LogP contribution in [0.25, 0.3) is 0 Å². The fourth-order valence-corrected chi connectivity index (χ4v) is 4.82. The average Bonchev–Trinajstić information content (AvgIpc) is 2.55. The summed E-state index contributed by atoms with van der Waals surface area (Å²) in [5, 5.41) is 4.13. The van der Waals surface area contributed by atoms with E-state index in [0.717, 1.165) is 24.2 Å². The van der Waals surface area contributed by atoms with Gasteiger partial charge < -0.3 is 10.1 Å². The highest BCUT2D eigenvalue weighted by Crippen LogP contribution is 2.36. The molecule has 3 rings (SSSR count). The number of halogens is 1. The van der Waals surface area contributed by atoms with Gasteiger partial charge in [-0.15, -0.1) is 0 Å². The molecule has 0 radical (unpaired) electrons. The molecule has 0 unspecified atom stereocenters. The number of ketones is 1. The van der Waals surface area contributed by atoms with Crippen molar-refractivity contribution in [2.45, 2.75) is 65.0 Å². The summed E-state index contributed by atoms with van der Waals surface area (Å²) in [6.07, 6.45) is 2.53. The smallest absolute Gasteiger partial charge is 0.163 e. The van der Waals surface area contributed by atoms with Crippen molar-refractivity contribution in [3.8, 4) is 11.5 Å². The summed E-state index contributed by atoms with van der Waals surface area (Å²) in [5.41, 5.74) is 1.76. The van der Waals surface area contributed by atoms with Crippen molar-refractivity contribution >= 4 is 17.4 Å². The highest BCUT2D eigenvalue weighted by atomic mass is 35.5. The molecule has 0 saturated carbocycles. The number of hydrogen-bond acceptors (Lipinski definition) is 3. The summed E-state index contributed by atoms with van der Waals surface area (Å²) >= 11 is 6.42. The number of nitrogens with one attached hydrogen (secondary N) is 1. The molecule has 3 nitrogen and oxygen atoms in total. The van der Waals surface area contributed by atoms with Crippen LogP contribution in [0.4, 0.5) is 0 Å². The number of aryl methyl sites for hydroxylation is 1. The van der Waals surface area contributed by atoms with Crippen LogP contribution in [0.5, 0.6) is 11.5 Å². The van der Waals surface area contributed by atoms with Gasteiger partial charge in [0.25, 0.3) is 0 Å². The topological polar surface area (TPSA) is 38.3 Å². The largest absolute Gasteiger partial charge is 0.456 e. The molecule has 0 amide bonds. The second kappa shape index (κ2) is 7.88. The predicted molar refractivity (Wildman–Crippen MR) is 116 cm³/mol. The van der Waals surface area contributed by atoms with Crippen LogP contribution in [0.1, 0.15) is 62.9 Å². The number of benzene rings is 2. The molecule has 4 heteroatoms. The van der Waals surface area contributed by atoms with Crippen molar-refractivity contribution in [1.82, 2.24) is 5.32 Å². The Balaban J connectivity index is 1.71. The van der Waals surface area contributed by atoms with E-state index in [1.807, 2.05) is 37.3 Å². The Labute approximate surface area is 173 Å². The number of hydrogen-bond donors (Lipinski definition) is 1. The molecule has 1 fully saturated rings. The zero-order chi connectivity index (χ0) is 20.5. The fourth-order valence-electron chi connectivity index (χ4n) is 4.60. The third-order valence-electron chi connectivity index (χ3n) is 5.32. The van der Waals surface area contributed by atoms with E-state index in [4.69, 9.17) is 16.3 Å². The summed E-state index contributed by atoms with van der Waals surface area (Å²) in [5.74, 6) is 1.84. The van der Waals surface area contributed by atoms with Crippen molar-refractivity contribution in [2.24, 2.45) is 5.92 Å². The zero-order valence-corrected chi connectivity index (χ0v) is 18.2. The van der Waals surface area contributed by atoms with Crippen molar-refractivity contribution < 1.29 is 9.53 Å². The van der Waals surface area contributed by atoms with E-state index >= 15 is 0 Å². The number of Topliss-reactive ketones (excluding diaryl/α,β-unsaturated/α-hetero) is 1. The van der Waals surface area contributed by atoms with E-state index in [9.17, 15) is 4.79 Å². The van der Waals surface area contributed by atoms with Gasteiger partial charge in [-0.3, -0.25) is 4.79 Å². The van der Waals surface area contributed by atoms with Crippen LogP contribution < -0.4 is 10.1 Å². The lowest BCUT2D eigenvalue weighted by molar-refractivity contribution is 0.0864. The number of rotatable bonds is 5. The standard InChI is InChI=1S/C24H30ClNO2/c1-16-8-6-7-9-21(16)28-22-11-10-18(13-19(22)25)20(27)12-17-14-23(2,3)26-24(4,5)15-17/h6-11,13,17,26H,12,14-15H2,1-5H3. The maximum atomic E-state index is 12.9. The van der Waals surface area contributed by atoms with Crippen LogP contribution in [0, 0.1) is 12.8 Å². The van der Waals surface area contributed by atoms with Gasteiger partial charge in [-0.2, -0.15) is 0 Å². The first-order valence-corrected chi connectivity index (χ1v) is 10.3. The summed E-state index contributed by atoms with van der Waals surface area (Å²) in [6, 6.07) is 13.1. The van der Waals surface area contributed by atoms with Crippen LogP contribution in [0.3, 0.4) is 0 Å². The van der Waals surface area contributed by atoms with Crippen molar-refractivity contribution in [3.63, 3.8) is 0 Å². The molecule has 1 saturated heterocycles. The average molecular weight is 400 g/mol. The molecule has 2 aromatic rings. The molecule has 0 aliphatic carbocycles. The van der Waals surface area contributed by atoms with Gasteiger partial charge >= 0.3 is 0 Å². The molecule has 1 heterocycles. The zero-order valence-electron chi connectivity index (χ0n) is 17.4. The van der Waals surface area contributed by atoms with Gasteiger partial charge in [-0.25, -0.2) is 0 Å². The van der Waals surface area contributed by atoms with Crippen LogP contribution in [-0.4, -0.2) is 16.9 Å². The van der Waals surface area contributed by atoms with E-state index in [-0.39, 0.29) is 16.9 Å². The van der Waals surface area contributed by atoms with Gasteiger partial charge in [0.2, 0.25) is 0 Å². The Morgan fingerprint density at radius 3 is 2.32 bits per heavy atom. The SMILES string of the molecule is Cc1ccccc1Oc1ccc(C(=O)CC2CC(C)(C)NC(C)(C)C2)cc1Cl. The van der Waals surface area contributed by atoms with Gasteiger partial charge in [0.05, 0.1) is 5.02 Å². The normalized spacial score (nSPS) is 18.6. The number of piperidine rings is 1. The Bertz CT molecular complexity index is 857. The molecule has 1 N–H and O–H groups in total. The second-order valence-electron chi connectivity index (χ2n) is 9.31. The lowest BCUT2D eigenvalue weighted by atomic mass is 9.74. The monoisotopic (exact) mass is 399 g/mol. The first-order valence-electron chi connectivity index (χ1n) is 9.90. The Morgan fingerprint density at radius 1 is 1.07 bits per heavy atom. The molecular weight excluding hydrogens is 370 g/mol. The minimum absolute atomic E-state index is 0.0373. The molecule has 0 aromatic heterocycles. The third kappa shape index (κ3) is 5.15. The van der Waals surface area contributed by atoms with Crippen LogP contribution in [-0.2, 0) is 0 Å². The lowest BCUT2D eigenvalue weighted by Crippen LogP contribution is -2.57. The van der Waals surface area contributed by atoms with Crippen molar-refractivity contribution in [2.75, 3.05) is 0 Å². The van der Waals surface area contributed by atoms with E-state index in [2.05, 4.69) is 33.0 Å². The Kier molecular flexibility index (Phi) is 5.88. The highest BCUT2D eigenvalue weighted by molar-refractivity contribution is 6.32. The molecule has 1 aliphatic rings. The Morgan fingerprint density at radius 2 is 1.71 bits per heavy atom. The minimum Gasteiger partial charge on any atom is -0.456 e. The number of carbonyl (C=O) groups excluding carboxylic acids is 1. The molecular formula is C24H30ClNO2. The van der Waals surface area contributed by atoms with E-state index in [1.165, 1.54) is 0 Å². The van der Waals surface area contributed by atoms with Crippen molar-refractivity contribution in [1.29, 1.82) is 0 Å². The van der Waals surface area contributed by atoms with Gasteiger partial charge in [0, 0.05) is 23.1 Å². The molecule has 0 bridgehead atoms. The minimum atomic E-state index is 0.0373.